The molecule has 1 heterocycles. The monoisotopic (exact) mass is 548 g/mol. The van der Waals surface area contributed by atoms with Crippen molar-refractivity contribution in [3.8, 4) is 11.5 Å². The van der Waals surface area contributed by atoms with Crippen LogP contribution in [0.2, 0.25) is 0 Å². The van der Waals surface area contributed by atoms with Crippen molar-refractivity contribution in [1.82, 2.24) is 4.90 Å². The Hall–Kier alpha value is -2.82. The number of hydrogen-bond donors (Lipinski definition) is 0. The summed E-state index contributed by atoms with van der Waals surface area (Å²) in [6, 6.07) is 13.0. The van der Waals surface area contributed by atoms with Crippen LogP contribution in [0, 0.1) is 0 Å². The van der Waals surface area contributed by atoms with Gasteiger partial charge in [0.1, 0.15) is 0 Å². The third-order valence-corrected chi connectivity index (χ3v) is 6.18. The van der Waals surface area contributed by atoms with Gasteiger partial charge in [0.25, 0.3) is 5.91 Å². The number of esters is 1. The Kier molecular flexibility index (Phi) is 9.55. The van der Waals surface area contributed by atoms with Gasteiger partial charge in [0.2, 0.25) is 0 Å². The first-order valence-corrected chi connectivity index (χ1v) is 12.1. The molecule has 1 saturated heterocycles. The molecule has 1 amide bonds. The smallest absolute Gasteiger partial charge is 0.343 e. The fourth-order valence-electron chi connectivity index (χ4n) is 3.00. The molecule has 0 aromatic heterocycles. The van der Waals surface area contributed by atoms with Crippen LogP contribution in [0.15, 0.2) is 56.8 Å². The van der Waals surface area contributed by atoms with Gasteiger partial charge in [-0.1, -0.05) is 18.2 Å². The second kappa shape index (κ2) is 12.6. The minimum absolute atomic E-state index is 0.156. The lowest BCUT2D eigenvalue weighted by Crippen LogP contribution is -2.32. The van der Waals surface area contributed by atoms with Crippen molar-refractivity contribution in [3.63, 3.8) is 0 Å². The summed E-state index contributed by atoms with van der Waals surface area (Å²) in [6.07, 6.45) is 1.78. The molecule has 1 aliphatic rings. The standard InChI is InChI=1S/C24H25BrN2O6S/c1-4-32-19-13-16(12-18(25)22(19)33-15-21(28)31-3)14-20-23(29)27(10-11-30-2)24(34-20)26-17-8-6-5-7-9-17/h5-9,12-14H,4,10-11,15H2,1-3H3. The number of rotatable bonds is 10. The Balaban J connectivity index is 1.93. The van der Waals surface area contributed by atoms with E-state index in [4.69, 9.17) is 14.2 Å². The molecule has 0 saturated carbocycles. The summed E-state index contributed by atoms with van der Waals surface area (Å²) in [5, 5.41) is 0.585. The number of amides is 1. The molecule has 10 heteroatoms. The summed E-state index contributed by atoms with van der Waals surface area (Å²) in [6.45, 7) is 2.77. The average Bonchev–Trinajstić information content (AvgIpc) is 3.11. The average molecular weight is 549 g/mol. The topological polar surface area (TPSA) is 86.7 Å². The molecule has 0 aliphatic carbocycles. The van der Waals surface area contributed by atoms with Crippen LogP contribution >= 0.6 is 27.7 Å². The van der Waals surface area contributed by atoms with E-state index >= 15 is 0 Å². The summed E-state index contributed by atoms with van der Waals surface area (Å²) in [5.74, 6) is 0.164. The molecule has 0 bridgehead atoms. The molecule has 2 aromatic carbocycles. The van der Waals surface area contributed by atoms with E-state index in [2.05, 4.69) is 25.7 Å². The van der Waals surface area contributed by atoms with Gasteiger partial charge in [-0.05, 0) is 70.5 Å². The molecule has 8 nitrogen and oxygen atoms in total. The Morgan fingerprint density at radius 1 is 1.18 bits per heavy atom. The third-order valence-electron chi connectivity index (χ3n) is 4.58. The van der Waals surface area contributed by atoms with Crippen LogP contribution < -0.4 is 9.47 Å². The number of carbonyl (C=O) groups excluding carboxylic acids is 2. The largest absolute Gasteiger partial charge is 0.490 e. The van der Waals surface area contributed by atoms with Crippen molar-refractivity contribution in [2.24, 2.45) is 4.99 Å². The fourth-order valence-corrected chi connectivity index (χ4v) is 4.60. The van der Waals surface area contributed by atoms with E-state index in [0.717, 1.165) is 11.3 Å². The number of nitrogens with zero attached hydrogens (tertiary/aromatic N) is 2. The number of hydrogen-bond acceptors (Lipinski definition) is 8. The van der Waals surface area contributed by atoms with Crippen LogP contribution in [0.25, 0.3) is 6.08 Å². The van der Waals surface area contributed by atoms with Crippen LogP contribution in [0.5, 0.6) is 11.5 Å². The molecule has 180 valence electrons. The minimum Gasteiger partial charge on any atom is -0.490 e. The number of benzene rings is 2. The third kappa shape index (κ3) is 6.62. The number of methoxy groups -OCH3 is 2. The Labute approximate surface area is 211 Å². The maximum Gasteiger partial charge on any atom is 0.343 e. The Bertz CT molecular complexity index is 1090. The maximum absolute atomic E-state index is 13.2. The first-order valence-electron chi connectivity index (χ1n) is 10.5. The van der Waals surface area contributed by atoms with Crippen molar-refractivity contribution < 1.29 is 28.5 Å². The summed E-state index contributed by atoms with van der Waals surface area (Å²) in [4.78, 5) is 31.4. The SMILES string of the molecule is CCOc1cc(C=C2SC(=Nc3ccccc3)N(CCOC)C2=O)cc(Br)c1OCC(=O)OC. The predicted molar refractivity (Wildman–Crippen MR) is 136 cm³/mol. The number of para-hydroxylation sites is 1. The maximum atomic E-state index is 13.2. The lowest BCUT2D eigenvalue weighted by molar-refractivity contribution is -0.143. The van der Waals surface area contributed by atoms with Crippen molar-refractivity contribution in [1.29, 1.82) is 0 Å². The molecule has 2 aromatic rings. The zero-order valence-corrected chi connectivity index (χ0v) is 21.5. The van der Waals surface area contributed by atoms with E-state index in [9.17, 15) is 9.59 Å². The van der Waals surface area contributed by atoms with Gasteiger partial charge in [-0.15, -0.1) is 0 Å². The van der Waals surface area contributed by atoms with Gasteiger partial charge in [-0.2, -0.15) is 0 Å². The van der Waals surface area contributed by atoms with Crippen molar-refractivity contribution >= 4 is 56.5 Å². The molecule has 0 radical (unpaired) electrons. The van der Waals surface area contributed by atoms with Gasteiger partial charge >= 0.3 is 5.97 Å². The van der Waals surface area contributed by atoms with Crippen molar-refractivity contribution in [2.45, 2.75) is 6.92 Å². The molecule has 1 fully saturated rings. The van der Waals surface area contributed by atoms with Crippen LogP contribution in [0.4, 0.5) is 5.69 Å². The fraction of sp³-hybridized carbons (Fsp3) is 0.292. The molecular formula is C24H25BrN2O6S. The van der Waals surface area contributed by atoms with Crippen LogP contribution in [-0.2, 0) is 19.1 Å². The summed E-state index contributed by atoms with van der Waals surface area (Å²) >= 11 is 4.77. The van der Waals surface area contributed by atoms with Crippen LogP contribution in [-0.4, -0.2) is 62.5 Å². The number of halogens is 1. The van der Waals surface area contributed by atoms with E-state index in [1.807, 2.05) is 37.3 Å². The second-order valence-corrected chi connectivity index (χ2v) is 8.78. The van der Waals surface area contributed by atoms with E-state index < -0.39 is 5.97 Å². The summed E-state index contributed by atoms with van der Waals surface area (Å²) in [7, 11) is 2.89. The molecule has 0 spiro atoms. The highest BCUT2D eigenvalue weighted by Gasteiger charge is 2.33. The normalized spacial score (nSPS) is 15.8. The number of amidine groups is 1. The molecule has 1 aliphatic heterocycles. The lowest BCUT2D eigenvalue weighted by atomic mass is 10.2. The van der Waals surface area contributed by atoms with Gasteiger partial charge in [0.05, 0.1) is 41.9 Å². The van der Waals surface area contributed by atoms with Gasteiger partial charge < -0.3 is 18.9 Å². The molecular weight excluding hydrogens is 524 g/mol. The number of thioether (sulfide) groups is 1. The van der Waals surface area contributed by atoms with Crippen LogP contribution in [0.3, 0.4) is 0 Å². The highest BCUT2D eigenvalue weighted by Crippen LogP contribution is 2.39. The quantitative estimate of drug-likeness (QED) is 0.315. The first kappa shape index (κ1) is 25.8. The van der Waals surface area contributed by atoms with Gasteiger partial charge in [-0.3, -0.25) is 9.69 Å². The number of carbonyl (C=O) groups is 2. The summed E-state index contributed by atoms with van der Waals surface area (Å²) < 4.78 is 21.7. The predicted octanol–water partition coefficient (Wildman–Crippen LogP) is 4.65. The zero-order valence-electron chi connectivity index (χ0n) is 19.1. The second-order valence-electron chi connectivity index (χ2n) is 6.92. The molecule has 3 rings (SSSR count). The molecule has 0 unspecified atom stereocenters. The van der Waals surface area contributed by atoms with E-state index in [0.29, 0.717) is 45.8 Å². The van der Waals surface area contributed by atoms with Gasteiger partial charge in [-0.25, -0.2) is 9.79 Å². The summed E-state index contributed by atoms with van der Waals surface area (Å²) in [5.41, 5.74) is 1.49. The first-order chi connectivity index (χ1) is 16.5. The Morgan fingerprint density at radius 2 is 1.94 bits per heavy atom. The van der Waals surface area contributed by atoms with Crippen molar-refractivity contribution in [3.05, 3.63) is 57.4 Å². The van der Waals surface area contributed by atoms with Gasteiger partial charge in [0.15, 0.2) is 23.3 Å². The highest BCUT2D eigenvalue weighted by atomic mass is 79.9. The van der Waals surface area contributed by atoms with E-state index in [-0.39, 0.29) is 12.5 Å². The van der Waals surface area contributed by atoms with Crippen LogP contribution in [0.1, 0.15) is 12.5 Å². The molecule has 0 N–H and O–H groups in total. The number of aliphatic imine (C=N–C) groups is 1. The Morgan fingerprint density at radius 3 is 2.62 bits per heavy atom. The molecule has 0 atom stereocenters. The lowest BCUT2D eigenvalue weighted by Gasteiger charge is -2.15. The van der Waals surface area contributed by atoms with Crippen molar-refractivity contribution in [2.75, 3.05) is 40.6 Å². The van der Waals surface area contributed by atoms with E-state index in [1.54, 1.807) is 30.2 Å². The number of ether oxygens (including phenoxy) is 4. The van der Waals surface area contributed by atoms with Gasteiger partial charge in [0, 0.05) is 7.11 Å². The van der Waals surface area contributed by atoms with E-state index in [1.165, 1.54) is 18.9 Å². The highest BCUT2D eigenvalue weighted by molar-refractivity contribution is 9.10. The zero-order chi connectivity index (χ0) is 24.5. The minimum atomic E-state index is -0.505. The molecule has 34 heavy (non-hydrogen) atoms.